The van der Waals surface area contributed by atoms with Gasteiger partial charge in [-0.25, -0.2) is 0 Å². The molecule has 3 aromatic carbocycles. The van der Waals surface area contributed by atoms with Crippen molar-refractivity contribution in [2.45, 2.75) is 13.0 Å². The summed E-state index contributed by atoms with van der Waals surface area (Å²) in [4.78, 5) is 12.9. The number of carbonyl (C=O) groups excluding carboxylic acids is 1. The summed E-state index contributed by atoms with van der Waals surface area (Å²) >= 11 is 0. The smallest absolute Gasteiger partial charge is 0.255 e. The first-order valence-electron chi connectivity index (χ1n) is 8.68. The average Bonchev–Trinajstić information content (AvgIpc) is 2.71. The van der Waals surface area contributed by atoms with Crippen LogP contribution >= 0.6 is 0 Å². The van der Waals surface area contributed by atoms with Gasteiger partial charge in [0, 0.05) is 0 Å². The lowest BCUT2D eigenvalue weighted by molar-refractivity contribution is 0.0936. The molecule has 5 nitrogen and oxygen atoms in total. The highest BCUT2D eigenvalue weighted by Gasteiger charge is 2.22. The molecule has 0 spiro atoms. The summed E-state index contributed by atoms with van der Waals surface area (Å²) in [5, 5.41) is 5.31. The lowest BCUT2D eigenvalue weighted by atomic mass is 9.99. The highest BCUT2D eigenvalue weighted by atomic mass is 16.5. The van der Waals surface area contributed by atoms with Crippen LogP contribution in [0.4, 0.5) is 0 Å². The minimum atomic E-state index is -0.242. The summed E-state index contributed by atoms with van der Waals surface area (Å²) in [6.07, 6.45) is 0. The molecule has 0 aliphatic rings. The standard InChI is InChI=1S/C22H23NO4/c1-14(16-11-7-9-15-8-5-6-10-17(15)16)23-22(24)18-12-13-19(25-2)21(27-4)20(18)26-3/h5-14H,1-4H3,(H,23,24). The van der Waals surface area contributed by atoms with E-state index in [-0.39, 0.29) is 11.9 Å². The number of ether oxygens (including phenoxy) is 3. The van der Waals surface area contributed by atoms with Crippen LogP contribution in [0.15, 0.2) is 54.6 Å². The van der Waals surface area contributed by atoms with Crippen LogP contribution in [-0.4, -0.2) is 27.2 Å². The molecule has 3 rings (SSSR count). The van der Waals surface area contributed by atoms with Crippen molar-refractivity contribution in [2.24, 2.45) is 0 Å². The Kier molecular flexibility index (Phi) is 5.50. The topological polar surface area (TPSA) is 56.8 Å². The van der Waals surface area contributed by atoms with Gasteiger partial charge >= 0.3 is 0 Å². The van der Waals surface area contributed by atoms with Crippen molar-refractivity contribution >= 4 is 16.7 Å². The SMILES string of the molecule is COc1ccc(C(=O)NC(C)c2cccc3ccccc23)c(OC)c1OC. The number of benzene rings is 3. The Hall–Kier alpha value is -3.21. The summed E-state index contributed by atoms with van der Waals surface area (Å²) in [7, 11) is 4.56. The maximum Gasteiger partial charge on any atom is 0.255 e. The van der Waals surface area contributed by atoms with Gasteiger partial charge in [-0.2, -0.15) is 0 Å². The Morgan fingerprint density at radius 1 is 0.852 bits per heavy atom. The number of nitrogens with one attached hydrogen (secondary N) is 1. The highest BCUT2D eigenvalue weighted by molar-refractivity contribution is 5.99. The zero-order chi connectivity index (χ0) is 19.4. The van der Waals surface area contributed by atoms with Crippen LogP contribution in [0.5, 0.6) is 17.2 Å². The third-order valence-electron chi connectivity index (χ3n) is 4.59. The number of methoxy groups -OCH3 is 3. The van der Waals surface area contributed by atoms with Gasteiger partial charge in [0.15, 0.2) is 11.5 Å². The van der Waals surface area contributed by atoms with Gasteiger partial charge in [0.05, 0.1) is 32.9 Å². The van der Waals surface area contributed by atoms with E-state index in [0.717, 1.165) is 16.3 Å². The molecule has 1 atom stereocenters. The van der Waals surface area contributed by atoms with Gasteiger partial charge in [-0.15, -0.1) is 0 Å². The van der Waals surface area contributed by atoms with E-state index in [1.165, 1.54) is 14.2 Å². The van der Waals surface area contributed by atoms with Crippen LogP contribution in [0.25, 0.3) is 10.8 Å². The predicted octanol–water partition coefficient (Wildman–Crippen LogP) is 4.36. The van der Waals surface area contributed by atoms with Crippen LogP contribution in [0.2, 0.25) is 0 Å². The normalized spacial score (nSPS) is 11.7. The van der Waals surface area contributed by atoms with Crippen molar-refractivity contribution in [1.29, 1.82) is 0 Å². The molecular weight excluding hydrogens is 342 g/mol. The molecule has 1 unspecified atom stereocenters. The molecule has 27 heavy (non-hydrogen) atoms. The monoisotopic (exact) mass is 365 g/mol. The fourth-order valence-electron chi connectivity index (χ4n) is 3.26. The molecule has 0 aliphatic heterocycles. The Morgan fingerprint density at radius 3 is 2.26 bits per heavy atom. The molecule has 0 radical (unpaired) electrons. The lowest BCUT2D eigenvalue weighted by Gasteiger charge is -2.19. The quantitative estimate of drug-likeness (QED) is 0.705. The Morgan fingerprint density at radius 2 is 1.56 bits per heavy atom. The Labute approximate surface area is 158 Å². The largest absolute Gasteiger partial charge is 0.493 e. The van der Waals surface area contributed by atoms with Crippen molar-refractivity contribution in [3.05, 3.63) is 65.7 Å². The van der Waals surface area contributed by atoms with Crippen molar-refractivity contribution in [1.82, 2.24) is 5.32 Å². The maximum atomic E-state index is 12.9. The first-order valence-corrected chi connectivity index (χ1v) is 8.68. The molecular formula is C22H23NO4. The maximum absolute atomic E-state index is 12.9. The highest BCUT2D eigenvalue weighted by Crippen LogP contribution is 2.39. The van der Waals surface area contributed by atoms with E-state index in [1.54, 1.807) is 19.2 Å². The molecule has 0 aromatic heterocycles. The zero-order valence-electron chi connectivity index (χ0n) is 15.9. The van der Waals surface area contributed by atoms with Gasteiger partial charge in [0.1, 0.15) is 0 Å². The minimum Gasteiger partial charge on any atom is -0.493 e. The Bertz CT molecular complexity index is 962. The second-order valence-electron chi connectivity index (χ2n) is 6.15. The van der Waals surface area contributed by atoms with Crippen LogP contribution in [0, 0.1) is 0 Å². The van der Waals surface area contributed by atoms with Gasteiger partial charge < -0.3 is 19.5 Å². The first-order chi connectivity index (χ1) is 13.1. The molecule has 0 heterocycles. The molecule has 0 bridgehead atoms. The molecule has 0 saturated carbocycles. The predicted molar refractivity (Wildman–Crippen MR) is 106 cm³/mol. The van der Waals surface area contributed by atoms with Crippen LogP contribution in [0.3, 0.4) is 0 Å². The summed E-state index contributed by atoms with van der Waals surface area (Å²) in [5.41, 5.74) is 1.45. The van der Waals surface area contributed by atoms with Gasteiger partial charge in [-0.3, -0.25) is 4.79 Å². The van der Waals surface area contributed by atoms with E-state index >= 15 is 0 Å². The molecule has 0 aliphatic carbocycles. The van der Waals surface area contributed by atoms with Crippen LogP contribution in [0.1, 0.15) is 28.9 Å². The molecule has 140 valence electrons. The average molecular weight is 365 g/mol. The van der Waals surface area contributed by atoms with Crippen molar-refractivity contribution in [3.63, 3.8) is 0 Å². The van der Waals surface area contributed by atoms with E-state index in [9.17, 15) is 4.79 Å². The van der Waals surface area contributed by atoms with E-state index in [0.29, 0.717) is 22.8 Å². The summed E-state index contributed by atoms with van der Waals surface area (Å²) in [6, 6.07) is 17.4. The number of fused-ring (bicyclic) bond motifs is 1. The van der Waals surface area contributed by atoms with Crippen molar-refractivity contribution in [3.8, 4) is 17.2 Å². The molecule has 1 amide bonds. The fourth-order valence-corrected chi connectivity index (χ4v) is 3.26. The van der Waals surface area contributed by atoms with E-state index in [1.807, 2.05) is 31.2 Å². The van der Waals surface area contributed by atoms with Crippen molar-refractivity contribution < 1.29 is 19.0 Å². The fraction of sp³-hybridized carbons (Fsp3) is 0.227. The second-order valence-corrected chi connectivity index (χ2v) is 6.15. The lowest BCUT2D eigenvalue weighted by Crippen LogP contribution is -2.27. The van der Waals surface area contributed by atoms with Gasteiger partial charge in [0.2, 0.25) is 5.75 Å². The number of hydrogen-bond acceptors (Lipinski definition) is 4. The van der Waals surface area contributed by atoms with Crippen LogP contribution < -0.4 is 19.5 Å². The minimum absolute atomic E-state index is 0.179. The third-order valence-corrected chi connectivity index (χ3v) is 4.59. The summed E-state index contributed by atoms with van der Waals surface area (Å²) in [6.45, 7) is 1.97. The number of hydrogen-bond donors (Lipinski definition) is 1. The third kappa shape index (κ3) is 3.53. The molecule has 1 N–H and O–H groups in total. The van der Waals surface area contributed by atoms with Gasteiger partial charge in [-0.1, -0.05) is 42.5 Å². The van der Waals surface area contributed by atoms with Crippen LogP contribution in [-0.2, 0) is 0 Å². The second kappa shape index (κ2) is 7.99. The molecule has 3 aromatic rings. The first kappa shape index (κ1) is 18.6. The van der Waals surface area contributed by atoms with E-state index < -0.39 is 0 Å². The summed E-state index contributed by atoms with van der Waals surface area (Å²) < 4.78 is 16.1. The number of amides is 1. The van der Waals surface area contributed by atoms with Gasteiger partial charge in [0.25, 0.3) is 5.91 Å². The number of carbonyl (C=O) groups is 1. The summed E-state index contributed by atoms with van der Waals surface area (Å²) in [5.74, 6) is 1.01. The Balaban J connectivity index is 1.93. The molecule has 0 fully saturated rings. The zero-order valence-corrected chi connectivity index (χ0v) is 15.9. The molecule has 5 heteroatoms. The molecule has 0 saturated heterocycles. The van der Waals surface area contributed by atoms with Gasteiger partial charge in [-0.05, 0) is 35.4 Å². The number of rotatable bonds is 6. The van der Waals surface area contributed by atoms with E-state index in [4.69, 9.17) is 14.2 Å². The van der Waals surface area contributed by atoms with E-state index in [2.05, 4.69) is 23.5 Å². The van der Waals surface area contributed by atoms with Crippen molar-refractivity contribution in [2.75, 3.05) is 21.3 Å².